The van der Waals surface area contributed by atoms with E-state index in [-0.39, 0.29) is 18.4 Å². The van der Waals surface area contributed by atoms with Crippen LogP contribution in [0.5, 0.6) is 0 Å². The number of hydrogen-bond acceptors (Lipinski definition) is 7. The molecular weight excluding hydrogens is 386 g/mol. The molecule has 30 heavy (non-hydrogen) atoms. The minimum Gasteiger partial charge on any atom is -0.342 e. The molecule has 0 unspecified atom stereocenters. The predicted molar refractivity (Wildman–Crippen MR) is 105 cm³/mol. The molecule has 10 heteroatoms. The SMILES string of the molecule is CCc1noc(CNC(=O)c2n[nH]c3c2CCN(C(=O)CCc2ccccn2)C3)n1. The van der Waals surface area contributed by atoms with Crippen LogP contribution in [-0.2, 0) is 37.1 Å². The fourth-order valence-corrected chi connectivity index (χ4v) is 3.40. The van der Waals surface area contributed by atoms with Gasteiger partial charge in [-0.15, -0.1) is 0 Å². The van der Waals surface area contributed by atoms with E-state index in [4.69, 9.17) is 4.52 Å². The molecule has 0 saturated heterocycles. The van der Waals surface area contributed by atoms with Gasteiger partial charge in [-0.05, 0) is 25.0 Å². The highest BCUT2D eigenvalue weighted by molar-refractivity contribution is 5.94. The molecule has 4 heterocycles. The molecule has 0 fully saturated rings. The number of amides is 2. The second kappa shape index (κ2) is 8.85. The Morgan fingerprint density at radius 3 is 3.00 bits per heavy atom. The van der Waals surface area contributed by atoms with Gasteiger partial charge in [-0.2, -0.15) is 10.1 Å². The number of aryl methyl sites for hydroxylation is 2. The molecule has 1 aliphatic rings. The van der Waals surface area contributed by atoms with Gasteiger partial charge in [0.25, 0.3) is 5.91 Å². The zero-order valence-electron chi connectivity index (χ0n) is 16.7. The maximum absolute atomic E-state index is 12.6. The first kappa shape index (κ1) is 19.7. The summed E-state index contributed by atoms with van der Waals surface area (Å²) < 4.78 is 5.08. The Morgan fingerprint density at radius 2 is 2.23 bits per heavy atom. The third kappa shape index (κ3) is 4.37. The van der Waals surface area contributed by atoms with Crippen molar-refractivity contribution in [2.75, 3.05) is 6.54 Å². The highest BCUT2D eigenvalue weighted by Gasteiger charge is 2.27. The normalized spacial score (nSPS) is 13.2. The number of nitrogens with zero attached hydrogens (tertiary/aromatic N) is 5. The molecular formula is C20H23N7O3. The maximum atomic E-state index is 12.6. The van der Waals surface area contributed by atoms with Crippen LogP contribution in [0.3, 0.4) is 0 Å². The van der Waals surface area contributed by atoms with Crippen molar-refractivity contribution in [1.82, 2.24) is 35.5 Å². The van der Waals surface area contributed by atoms with Gasteiger partial charge in [-0.25, -0.2) is 0 Å². The van der Waals surface area contributed by atoms with Crippen molar-refractivity contribution in [1.29, 1.82) is 0 Å². The lowest BCUT2D eigenvalue weighted by atomic mass is 10.0. The van der Waals surface area contributed by atoms with E-state index in [1.54, 1.807) is 11.1 Å². The van der Waals surface area contributed by atoms with E-state index in [0.717, 1.165) is 17.0 Å². The van der Waals surface area contributed by atoms with Crippen LogP contribution in [0.2, 0.25) is 0 Å². The fourth-order valence-electron chi connectivity index (χ4n) is 3.40. The Kier molecular flexibility index (Phi) is 5.82. The van der Waals surface area contributed by atoms with Crippen molar-refractivity contribution in [3.8, 4) is 0 Å². The lowest BCUT2D eigenvalue weighted by Crippen LogP contribution is -2.36. The van der Waals surface area contributed by atoms with Crippen LogP contribution in [0.15, 0.2) is 28.9 Å². The second-order valence-corrected chi connectivity index (χ2v) is 7.06. The van der Waals surface area contributed by atoms with Crippen molar-refractivity contribution >= 4 is 11.8 Å². The number of pyridine rings is 1. The van der Waals surface area contributed by atoms with E-state index >= 15 is 0 Å². The number of carbonyl (C=O) groups is 2. The summed E-state index contributed by atoms with van der Waals surface area (Å²) in [6.45, 7) is 3.04. The van der Waals surface area contributed by atoms with Crippen molar-refractivity contribution in [2.45, 2.75) is 45.7 Å². The van der Waals surface area contributed by atoms with Gasteiger partial charge >= 0.3 is 0 Å². The maximum Gasteiger partial charge on any atom is 0.272 e. The van der Waals surface area contributed by atoms with Crippen LogP contribution >= 0.6 is 0 Å². The van der Waals surface area contributed by atoms with Gasteiger partial charge in [0, 0.05) is 36.8 Å². The Labute approximate surface area is 173 Å². The molecule has 10 nitrogen and oxygen atoms in total. The molecule has 1 aliphatic heterocycles. The standard InChI is InChI=1S/C20H23N7O3/c1-2-16-23-17(30-26-16)11-22-20(29)19-14-8-10-27(12-15(14)24-25-19)18(28)7-6-13-5-3-4-9-21-13/h3-5,9H,2,6-8,10-12H2,1H3,(H,22,29)(H,24,25). The zero-order chi connectivity index (χ0) is 20.9. The Balaban J connectivity index is 1.33. The number of aromatic amines is 1. The minimum atomic E-state index is -0.307. The summed E-state index contributed by atoms with van der Waals surface area (Å²) in [5, 5.41) is 13.6. The highest BCUT2D eigenvalue weighted by Crippen LogP contribution is 2.21. The van der Waals surface area contributed by atoms with Gasteiger partial charge in [-0.1, -0.05) is 18.1 Å². The number of rotatable bonds is 7. The monoisotopic (exact) mass is 409 g/mol. The lowest BCUT2D eigenvalue weighted by molar-refractivity contribution is -0.132. The van der Waals surface area contributed by atoms with E-state index in [9.17, 15) is 9.59 Å². The molecule has 0 spiro atoms. The molecule has 0 bridgehead atoms. The average Bonchev–Trinajstić information content (AvgIpc) is 3.43. The first-order valence-corrected chi connectivity index (χ1v) is 9.97. The summed E-state index contributed by atoms with van der Waals surface area (Å²) >= 11 is 0. The van der Waals surface area contributed by atoms with E-state index in [1.165, 1.54) is 0 Å². The fraction of sp³-hybridized carbons (Fsp3) is 0.400. The molecule has 3 aromatic rings. The van der Waals surface area contributed by atoms with Crippen LogP contribution in [0.1, 0.15) is 52.5 Å². The molecule has 0 aromatic carbocycles. The van der Waals surface area contributed by atoms with Crippen molar-refractivity contribution in [3.63, 3.8) is 0 Å². The summed E-state index contributed by atoms with van der Waals surface area (Å²) in [5.74, 6) is 0.715. The van der Waals surface area contributed by atoms with E-state index in [1.807, 2.05) is 25.1 Å². The van der Waals surface area contributed by atoms with Crippen LogP contribution in [-0.4, -0.2) is 48.6 Å². The molecule has 0 aliphatic carbocycles. The highest BCUT2D eigenvalue weighted by atomic mass is 16.5. The summed E-state index contributed by atoms with van der Waals surface area (Å²) in [6.07, 6.45) is 3.98. The number of fused-ring (bicyclic) bond motifs is 1. The smallest absolute Gasteiger partial charge is 0.272 e. The summed E-state index contributed by atoms with van der Waals surface area (Å²) in [6, 6.07) is 5.69. The first-order valence-electron chi connectivity index (χ1n) is 9.97. The molecule has 2 amide bonds. The number of carbonyl (C=O) groups excluding carboxylic acids is 2. The van der Waals surface area contributed by atoms with Crippen LogP contribution in [0, 0.1) is 0 Å². The summed E-state index contributed by atoms with van der Waals surface area (Å²) in [4.78, 5) is 35.3. The van der Waals surface area contributed by atoms with E-state index in [0.29, 0.717) is 56.2 Å². The molecule has 2 N–H and O–H groups in total. The van der Waals surface area contributed by atoms with Gasteiger partial charge in [-0.3, -0.25) is 19.7 Å². The van der Waals surface area contributed by atoms with E-state index < -0.39 is 0 Å². The van der Waals surface area contributed by atoms with Gasteiger partial charge < -0.3 is 14.7 Å². The number of H-pyrrole nitrogens is 1. The first-order chi connectivity index (χ1) is 14.6. The van der Waals surface area contributed by atoms with E-state index in [2.05, 4.69) is 30.6 Å². The zero-order valence-corrected chi connectivity index (χ0v) is 16.7. The van der Waals surface area contributed by atoms with Crippen LogP contribution in [0.25, 0.3) is 0 Å². The van der Waals surface area contributed by atoms with Crippen molar-refractivity contribution in [3.05, 3.63) is 58.8 Å². The third-order valence-corrected chi connectivity index (χ3v) is 5.05. The molecule has 4 rings (SSSR count). The van der Waals surface area contributed by atoms with Crippen molar-refractivity contribution < 1.29 is 14.1 Å². The third-order valence-electron chi connectivity index (χ3n) is 5.05. The van der Waals surface area contributed by atoms with Gasteiger partial charge in [0.15, 0.2) is 11.5 Å². The Hall–Kier alpha value is -3.56. The molecule has 0 atom stereocenters. The predicted octanol–water partition coefficient (Wildman–Crippen LogP) is 1.20. The molecule has 3 aromatic heterocycles. The average molecular weight is 409 g/mol. The molecule has 156 valence electrons. The van der Waals surface area contributed by atoms with Crippen LogP contribution < -0.4 is 5.32 Å². The topological polar surface area (TPSA) is 130 Å². The number of hydrogen-bond donors (Lipinski definition) is 2. The van der Waals surface area contributed by atoms with Crippen molar-refractivity contribution in [2.24, 2.45) is 0 Å². The van der Waals surface area contributed by atoms with Gasteiger partial charge in [0.1, 0.15) is 0 Å². The Bertz CT molecular complexity index is 1030. The summed E-state index contributed by atoms with van der Waals surface area (Å²) in [5.41, 5.74) is 2.89. The lowest BCUT2D eigenvalue weighted by Gasteiger charge is -2.27. The van der Waals surface area contributed by atoms with Gasteiger partial charge in [0.2, 0.25) is 11.8 Å². The second-order valence-electron chi connectivity index (χ2n) is 7.06. The summed E-state index contributed by atoms with van der Waals surface area (Å²) in [7, 11) is 0. The van der Waals surface area contributed by atoms with Gasteiger partial charge in [0.05, 0.1) is 18.8 Å². The van der Waals surface area contributed by atoms with Crippen LogP contribution in [0.4, 0.5) is 0 Å². The largest absolute Gasteiger partial charge is 0.342 e. The number of aromatic nitrogens is 5. The quantitative estimate of drug-likeness (QED) is 0.599. The number of nitrogens with one attached hydrogen (secondary N) is 2. The molecule has 0 saturated carbocycles. The Morgan fingerprint density at radius 1 is 1.33 bits per heavy atom. The minimum absolute atomic E-state index is 0.0648. The molecule has 0 radical (unpaired) electrons.